The first-order valence-electron chi connectivity index (χ1n) is 13.3. The summed E-state index contributed by atoms with van der Waals surface area (Å²) in [5, 5.41) is 0. The first-order chi connectivity index (χ1) is 19.1. The van der Waals surface area contributed by atoms with Crippen molar-refractivity contribution in [2.45, 2.75) is 51.0 Å². The van der Waals surface area contributed by atoms with Crippen LogP contribution < -0.4 is 9.47 Å². The molecule has 2 aromatic carbocycles. The second kappa shape index (κ2) is 10.4. The fourth-order valence-electron chi connectivity index (χ4n) is 5.34. The van der Waals surface area contributed by atoms with Crippen LogP contribution in [-0.2, 0) is 4.79 Å². The molecule has 7 nitrogen and oxygen atoms in total. The summed E-state index contributed by atoms with van der Waals surface area (Å²) in [6.45, 7) is 2.35. The van der Waals surface area contributed by atoms with Crippen LogP contribution in [0.5, 0.6) is 17.2 Å². The average molecular weight is 525 g/mol. The lowest BCUT2D eigenvalue weighted by Crippen LogP contribution is -2.38. The number of piperidine rings is 1. The Morgan fingerprint density at radius 2 is 1.87 bits per heavy atom. The minimum absolute atomic E-state index is 0.0919. The van der Waals surface area contributed by atoms with Gasteiger partial charge in [-0.25, -0.2) is 4.98 Å². The number of nitrogens with zero attached hydrogens (tertiary/aromatic N) is 4. The number of fused-ring (bicyclic) bond motifs is 1. The molecular weight excluding hydrogens is 495 g/mol. The molecule has 4 aromatic rings. The van der Waals surface area contributed by atoms with E-state index < -0.39 is 5.82 Å². The van der Waals surface area contributed by atoms with Crippen LogP contribution in [0.1, 0.15) is 62.5 Å². The van der Waals surface area contributed by atoms with E-state index in [4.69, 9.17) is 19.4 Å². The van der Waals surface area contributed by atoms with Crippen LogP contribution in [0.25, 0.3) is 16.8 Å². The highest BCUT2D eigenvalue weighted by Crippen LogP contribution is 2.44. The van der Waals surface area contributed by atoms with Gasteiger partial charge in [-0.05, 0) is 81.3 Å². The molecule has 2 aromatic heterocycles. The van der Waals surface area contributed by atoms with Gasteiger partial charge in [-0.1, -0.05) is 12.0 Å². The Kier molecular flexibility index (Phi) is 6.65. The summed E-state index contributed by atoms with van der Waals surface area (Å²) in [6.07, 6.45) is 8.78. The molecule has 0 unspecified atom stereocenters. The van der Waals surface area contributed by atoms with Crippen molar-refractivity contribution >= 4 is 11.4 Å². The number of likely N-dealkylation sites (tertiary alicyclic amines) is 1. The van der Waals surface area contributed by atoms with E-state index in [2.05, 4.69) is 16.2 Å². The summed E-state index contributed by atoms with van der Waals surface area (Å²) in [7, 11) is 1.42. The summed E-state index contributed by atoms with van der Waals surface area (Å²) in [4.78, 5) is 24.7. The second-order valence-corrected chi connectivity index (χ2v) is 9.91. The van der Waals surface area contributed by atoms with Gasteiger partial charge < -0.3 is 14.4 Å². The molecule has 198 valence electrons. The van der Waals surface area contributed by atoms with Gasteiger partial charge in [0.05, 0.1) is 30.1 Å². The highest BCUT2D eigenvalue weighted by molar-refractivity contribution is 5.93. The molecule has 3 heterocycles. The Hall–Kier alpha value is -4.38. The minimum atomic E-state index is -0.548. The fraction of sp³-hybridized carbons (Fsp3) is 0.323. The molecule has 2 aliphatic rings. The van der Waals surface area contributed by atoms with Crippen molar-refractivity contribution in [2.24, 2.45) is 0 Å². The SMILES string of the molecule is CC#CC(=O)N1CCCC[C@H]1c1nc(-c2ccc(Oc3cccc(OC)c3F)cc2)c2c(C3CC3)nccn12. The Labute approximate surface area is 226 Å². The number of rotatable bonds is 6. The molecule has 39 heavy (non-hydrogen) atoms. The fourth-order valence-corrected chi connectivity index (χ4v) is 5.34. The number of carbonyl (C=O) groups excluding carboxylic acids is 1. The quantitative estimate of drug-likeness (QED) is 0.277. The maximum absolute atomic E-state index is 14.6. The molecule has 0 N–H and O–H groups in total. The van der Waals surface area contributed by atoms with Crippen LogP contribution in [-0.4, -0.2) is 38.8 Å². The molecule has 0 radical (unpaired) electrons. The number of methoxy groups -OCH3 is 1. The van der Waals surface area contributed by atoms with Crippen LogP contribution in [0.2, 0.25) is 0 Å². The Morgan fingerprint density at radius 3 is 2.62 bits per heavy atom. The van der Waals surface area contributed by atoms with Gasteiger partial charge in [0.1, 0.15) is 11.6 Å². The van der Waals surface area contributed by atoms with Gasteiger partial charge in [-0.15, -0.1) is 0 Å². The standard InChI is InChI=1S/C31H29FN4O3/c1-3-7-26(37)35-18-5-4-8-23(35)31-34-29(30-28(20-11-12-20)33-17-19-36(30)31)21-13-15-22(16-14-21)39-25-10-6-9-24(38-2)27(25)32/h6,9-10,13-17,19-20,23H,4-5,8,11-12,18H2,1-2H3/t23-/m0/s1. The monoisotopic (exact) mass is 524 g/mol. The van der Waals surface area contributed by atoms with E-state index in [0.29, 0.717) is 18.2 Å². The Balaban J connectivity index is 1.41. The zero-order chi connectivity index (χ0) is 26.9. The van der Waals surface area contributed by atoms with Crippen LogP contribution in [0.15, 0.2) is 54.9 Å². The van der Waals surface area contributed by atoms with E-state index in [1.54, 1.807) is 37.3 Å². The predicted octanol–water partition coefficient (Wildman–Crippen LogP) is 6.29. The zero-order valence-electron chi connectivity index (χ0n) is 22.0. The van der Waals surface area contributed by atoms with Gasteiger partial charge in [-0.2, -0.15) is 4.39 Å². The highest BCUT2D eigenvalue weighted by Gasteiger charge is 2.34. The lowest BCUT2D eigenvalue weighted by molar-refractivity contribution is -0.129. The lowest BCUT2D eigenvalue weighted by Gasteiger charge is -2.33. The van der Waals surface area contributed by atoms with E-state index in [-0.39, 0.29) is 23.4 Å². The summed E-state index contributed by atoms with van der Waals surface area (Å²) >= 11 is 0. The van der Waals surface area contributed by atoms with E-state index in [0.717, 1.165) is 60.4 Å². The number of hydrogen-bond donors (Lipinski definition) is 0. The van der Waals surface area contributed by atoms with Gasteiger partial charge in [0.2, 0.25) is 5.82 Å². The summed E-state index contributed by atoms with van der Waals surface area (Å²) < 4.78 is 27.6. The molecule has 0 bridgehead atoms. The molecule has 6 rings (SSSR count). The van der Waals surface area contributed by atoms with Gasteiger partial charge in [0, 0.05) is 30.4 Å². The molecule has 1 aliphatic carbocycles. The number of ether oxygens (including phenoxy) is 2. The number of hydrogen-bond acceptors (Lipinski definition) is 5. The van der Waals surface area contributed by atoms with E-state index in [1.807, 2.05) is 29.4 Å². The lowest BCUT2D eigenvalue weighted by atomic mass is 10.0. The Bertz CT molecular complexity index is 1600. The molecular formula is C31H29FN4O3. The van der Waals surface area contributed by atoms with Crippen LogP contribution >= 0.6 is 0 Å². The molecule has 0 spiro atoms. The maximum Gasteiger partial charge on any atom is 0.299 e. The summed E-state index contributed by atoms with van der Waals surface area (Å²) in [5.41, 5.74) is 3.72. The third-order valence-corrected chi connectivity index (χ3v) is 7.37. The highest BCUT2D eigenvalue weighted by atomic mass is 19.1. The summed E-state index contributed by atoms with van der Waals surface area (Å²) in [6, 6.07) is 12.1. The number of amides is 1. The van der Waals surface area contributed by atoms with Crippen LogP contribution in [0.3, 0.4) is 0 Å². The smallest absolute Gasteiger partial charge is 0.299 e. The third kappa shape index (κ3) is 4.69. The minimum Gasteiger partial charge on any atom is -0.494 e. The van der Waals surface area contributed by atoms with Crippen molar-refractivity contribution in [2.75, 3.05) is 13.7 Å². The zero-order valence-corrected chi connectivity index (χ0v) is 22.0. The van der Waals surface area contributed by atoms with Crippen molar-refractivity contribution in [3.63, 3.8) is 0 Å². The number of carbonyl (C=O) groups is 1. The number of benzene rings is 2. The first kappa shape index (κ1) is 24.9. The number of imidazole rings is 1. The van der Waals surface area contributed by atoms with Gasteiger partial charge in [0.15, 0.2) is 11.5 Å². The summed E-state index contributed by atoms with van der Waals surface area (Å²) in [5.74, 6) is 6.71. The normalized spacial score (nSPS) is 17.0. The van der Waals surface area contributed by atoms with Crippen molar-refractivity contribution in [1.82, 2.24) is 19.3 Å². The molecule has 2 fully saturated rings. The van der Waals surface area contributed by atoms with Crippen molar-refractivity contribution < 1.29 is 18.7 Å². The second-order valence-electron chi connectivity index (χ2n) is 9.91. The van der Waals surface area contributed by atoms with Gasteiger partial charge in [-0.3, -0.25) is 14.2 Å². The van der Waals surface area contributed by atoms with E-state index in [1.165, 1.54) is 7.11 Å². The van der Waals surface area contributed by atoms with Crippen LogP contribution in [0, 0.1) is 17.7 Å². The maximum atomic E-state index is 14.6. The molecule has 1 saturated heterocycles. The van der Waals surface area contributed by atoms with Crippen molar-refractivity contribution in [3.05, 3.63) is 72.2 Å². The van der Waals surface area contributed by atoms with Gasteiger partial charge >= 0.3 is 0 Å². The molecule has 1 aliphatic heterocycles. The third-order valence-electron chi connectivity index (χ3n) is 7.37. The van der Waals surface area contributed by atoms with Crippen molar-refractivity contribution in [1.29, 1.82) is 0 Å². The Morgan fingerprint density at radius 1 is 1.08 bits per heavy atom. The topological polar surface area (TPSA) is 69.0 Å². The van der Waals surface area contributed by atoms with Crippen LogP contribution in [0.4, 0.5) is 4.39 Å². The molecule has 1 saturated carbocycles. The number of halogens is 1. The molecule has 8 heteroatoms. The largest absolute Gasteiger partial charge is 0.494 e. The molecule has 1 atom stereocenters. The average Bonchev–Trinajstić information content (AvgIpc) is 3.74. The van der Waals surface area contributed by atoms with E-state index >= 15 is 0 Å². The van der Waals surface area contributed by atoms with Crippen molar-refractivity contribution in [3.8, 4) is 40.3 Å². The number of aromatic nitrogens is 3. The van der Waals surface area contributed by atoms with E-state index in [9.17, 15) is 9.18 Å². The molecule has 1 amide bonds. The first-order valence-corrected chi connectivity index (χ1v) is 13.3. The predicted molar refractivity (Wildman–Crippen MR) is 145 cm³/mol. The van der Waals surface area contributed by atoms with Gasteiger partial charge in [0.25, 0.3) is 5.91 Å².